The predicted molar refractivity (Wildman–Crippen MR) is 73.4 cm³/mol. The van der Waals surface area contributed by atoms with Crippen LogP contribution in [0.25, 0.3) is 0 Å². The Labute approximate surface area is 115 Å². The van der Waals surface area contributed by atoms with Crippen LogP contribution in [0.3, 0.4) is 0 Å². The molecule has 0 saturated carbocycles. The number of nitrogens with two attached hydrogens (primary N) is 1. The van der Waals surface area contributed by atoms with Gasteiger partial charge in [-0.25, -0.2) is 18.4 Å². The minimum Gasteiger partial charge on any atom is -0.384 e. The molecular formula is C11H11ClN4O2S. The molecule has 100 valence electrons. The Morgan fingerprint density at radius 1 is 1.26 bits per heavy atom. The molecule has 6 nitrogen and oxygen atoms in total. The van der Waals surface area contributed by atoms with Gasteiger partial charge in [0.25, 0.3) is 10.0 Å². The number of aryl methyl sites for hydroxylation is 1. The van der Waals surface area contributed by atoms with Crippen LogP contribution in [0.2, 0.25) is 5.15 Å². The minimum absolute atomic E-state index is 0.000673. The van der Waals surface area contributed by atoms with Gasteiger partial charge in [0, 0.05) is 12.4 Å². The lowest BCUT2D eigenvalue weighted by atomic mass is 10.3. The second kappa shape index (κ2) is 5.02. The number of sulfonamides is 1. The second-order valence-electron chi connectivity index (χ2n) is 3.88. The summed E-state index contributed by atoms with van der Waals surface area (Å²) in [6.45, 7) is 1.78. The summed E-state index contributed by atoms with van der Waals surface area (Å²) in [6, 6.07) is 4.37. The van der Waals surface area contributed by atoms with Gasteiger partial charge in [-0.2, -0.15) is 0 Å². The van der Waals surface area contributed by atoms with Gasteiger partial charge in [0.2, 0.25) is 0 Å². The highest BCUT2D eigenvalue weighted by molar-refractivity contribution is 7.92. The Hall–Kier alpha value is -1.86. The molecule has 0 aliphatic heterocycles. The number of hydrogen-bond acceptors (Lipinski definition) is 5. The van der Waals surface area contributed by atoms with E-state index in [-0.39, 0.29) is 21.6 Å². The predicted octanol–water partition coefficient (Wildman–Crippen LogP) is 1.82. The normalized spacial score (nSPS) is 11.3. The third-order valence-corrected chi connectivity index (χ3v) is 3.94. The van der Waals surface area contributed by atoms with Crippen LogP contribution in [0, 0.1) is 6.92 Å². The number of nitrogens with zero attached hydrogens (tertiary/aromatic N) is 2. The van der Waals surface area contributed by atoms with Gasteiger partial charge in [0.15, 0.2) is 5.15 Å². The van der Waals surface area contributed by atoms with Gasteiger partial charge >= 0.3 is 0 Å². The summed E-state index contributed by atoms with van der Waals surface area (Å²) in [7, 11) is -3.76. The highest BCUT2D eigenvalue weighted by atomic mass is 35.5. The summed E-state index contributed by atoms with van der Waals surface area (Å²) >= 11 is 5.84. The van der Waals surface area contributed by atoms with E-state index in [9.17, 15) is 8.42 Å². The van der Waals surface area contributed by atoms with E-state index >= 15 is 0 Å². The third kappa shape index (κ3) is 3.12. The van der Waals surface area contributed by atoms with Crippen LogP contribution < -0.4 is 10.5 Å². The smallest absolute Gasteiger partial charge is 0.263 e. The molecule has 0 bridgehead atoms. The van der Waals surface area contributed by atoms with E-state index in [1.54, 1.807) is 19.2 Å². The first kappa shape index (κ1) is 13.6. The fraction of sp³-hybridized carbons (Fsp3) is 0.0909. The third-order valence-electron chi connectivity index (χ3n) is 2.29. The van der Waals surface area contributed by atoms with Crippen molar-refractivity contribution >= 4 is 33.1 Å². The molecule has 0 aliphatic rings. The van der Waals surface area contributed by atoms with Crippen molar-refractivity contribution in [1.29, 1.82) is 0 Å². The van der Waals surface area contributed by atoms with Crippen molar-refractivity contribution in [3.05, 3.63) is 41.3 Å². The number of rotatable bonds is 3. The first-order valence-corrected chi connectivity index (χ1v) is 7.11. The van der Waals surface area contributed by atoms with Gasteiger partial charge in [-0.3, -0.25) is 4.72 Å². The highest BCUT2D eigenvalue weighted by Crippen LogP contribution is 2.23. The molecule has 2 rings (SSSR count). The maximum atomic E-state index is 12.1. The number of nitrogen functional groups attached to an aromatic ring is 1. The van der Waals surface area contributed by atoms with Gasteiger partial charge in [0.1, 0.15) is 10.7 Å². The average molecular weight is 299 g/mol. The standard InChI is InChI=1S/C11H11ClN4O2S/c1-7-4-9(11(12)15-5-7)16-19(17,18)8-2-3-10(13)14-6-8/h2-6,16H,1H3,(H2,13,14). The number of aromatic nitrogens is 2. The highest BCUT2D eigenvalue weighted by Gasteiger charge is 2.16. The SMILES string of the molecule is Cc1cnc(Cl)c(NS(=O)(=O)c2ccc(N)nc2)c1. The molecule has 2 aromatic heterocycles. The molecule has 0 aliphatic carbocycles. The van der Waals surface area contributed by atoms with Crippen LogP contribution in [-0.2, 0) is 10.0 Å². The fourth-order valence-corrected chi connectivity index (χ4v) is 2.59. The fourth-order valence-electron chi connectivity index (χ4n) is 1.38. The van der Waals surface area contributed by atoms with Crippen LogP contribution in [0.15, 0.2) is 35.5 Å². The molecule has 8 heteroatoms. The summed E-state index contributed by atoms with van der Waals surface area (Å²) in [6.07, 6.45) is 2.72. The van der Waals surface area contributed by atoms with E-state index in [1.165, 1.54) is 18.3 Å². The molecule has 0 radical (unpaired) electrons. The number of nitrogens with one attached hydrogen (secondary N) is 1. The van der Waals surface area contributed by atoms with Crippen molar-refractivity contribution in [1.82, 2.24) is 9.97 Å². The average Bonchev–Trinajstić information content (AvgIpc) is 2.34. The van der Waals surface area contributed by atoms with Crippen LogP contribution in [0.1, 0.15) is 5.56 Å². The van der Waals surface area contributed by atoms with E-state index in [1.807, 2.05) is 0 Å². The molecule has 2 heterocycles. The quantitative estimate of drug-likeness (QED) is 0.842. The molecular weight excluding hydrogens is 288 g/mol. The summed E-state index contributed by atoms with van der Waals surface area (Å²) in [5.41, 5.74) is 6.42. The number of pyridine rings is 2. The number of hydrogen-bond donors (Lipinski definition) is 2. The minimum atomic E-state index is -3.76. The van der Waals surface area contributed by atoms with Crippen molar-refractivity contribution in [2.75, 3.05) is 10.5 Å². The summed E-state index contributed by atoms with van der Waals surface area (Å²) in [5.74, 6) is 0.245. The first-order valence-electron chi connectivity index (χ1n) is 5.25. The van der Waals surface area contributed by atoms with Crippen LogP contribution in [-0.4, -0.2) is 18.4 Å². The zero-order chi connectivity index (χ0) is 14.0. The molecule has 0 spiro atoms. The van der Waals surface area contributed by atoms with Gasteiger partial charge < -0.3 is 5.73 Å². The van der Waals surface area contributed by atoms with Crippen molar-refractivity contribution in [3.63, 3.8) is 0 Å². The zero-order valence-electron chi connectivity index (χ0n) is 9.96. The Morgan fingerprint density at radius 2 is 2.00 bits per heavy atom. The maximum Gasteiger partial charge on any atom is 0.263 e. The monoisotopic (exact) mass is 298 g/mol. The number of halogens is 1. The Balaban J connectivity index is 2.36. The Bertz CT molecular complexity index is 701. The molecule has 0 aromatic carbocycles. The Morgan fingerprint density at radius 3 is 2.63 bits per heavy atom. The van der Waals surface area contributed by atoms with Gasteiger partial charge in [-0.05, 0) is 30.7 Å². The number of anilines is 2. The van der Waals surface area contributed by atoms with Crippen LogP contribution in [0.4, 0.5) is 11.5 Å². The van der Waals surface area contributed by atoms with Crippen molar-refractivity contribution < 1.29 is 8.42 Å². The van der Waals surface area contributed by atoms with E-state index in [0.717, 1.165) is 5.56 Å². The molecule has 2 aromatic rings. The summed E-state index contributed by atoms with van der Waals surface area (Å²) in [5, 5.41) is 0.0811. The molecule has 19 heavy (non-hydrogen) atoms. The molecule has 0 saturated heterocycles. The second-order valence-corrected chi connectivity index (χ2v) is 5.92. The van der Waals surface area contributed by atoms with Gasteiger partial charge in [-0.15, -0.1) is 0 Å². The van der Waals surface area contributed by atoms with Crippen LogP contribution >= 0.6 is 11.6 Å². The lowest BCUT2D eigenvalue weighted by molar-refractivity contribution is 0.601. The molecule has 0 atom stereocenters. The lowest BCUT2D eigenvalue weighted by Crippen LogP contribution is -2.14. The van der Waals surface area contributed by atoms with Crippen molar-refractivity contribution in [3.8, 4) is 0 Å². The van der Waals surface area contributed by atoms with E-state index in [2.05, 4.69) is 14.7 Å². The topological polar surface area (TPSA) is 98.0 Å². The maximum absolute atomic E-state index is 12.1. The van der Waals surface area contributed by atoms with E-state index in [0.29, 0.717) is 0 Å². The lowest BCUT2D eigenvalue weighted by Gasteiger charge is -2.09. The Kier molecular flexibility index (Phi) is 3.59. The molecule has 0 unspecified atom stereocenters. The van der Waals surface area contributed by atoms with Crippen molar-refractivity contribution in [2.24, 2.45) is 0 Å². The molecule has 0 fully saturated rings. The van der Waals surface area contributed by atoms with Gasteiger partial charge in [0.05, 0.1) is 5.69 Å². The van der Waals surface area contributed by atoms with Gasteiger partial charge in [-0.1, -0.05) is 11.6 Å². The first-order chi connectivity index (χ1) is 8.88. The van der Waals surface area contributed by atoms with E-state index in [4.69, 9.17) is 17.3 Å². The largest absolute Gasteiger partial charge is 0.384 e. The van der Waals surface area contributed by atoms with E-state index < -0.39 is 10.0 Å². The zero-order valence-corrected chi connectivity index (χ0v) is 11.5. The molecule has 0 amide bonds. The summed E-state index contributed by atoms with van der Waals surface area (Å²) < 4.78 is 26.6. The van der Waals surface area contributed by atoms with Crippen LogP contribution in [0.5, 0.6) is 0 Å². The van der Waals surface area contributed by atoms with Crippen molar-refractivity contribution in [2.45, 2.75) is 11.8 Å². The summed E-state index contributed by atoms with van der Waals surface area (Å²) in [4.78, 5) is 7.61. The molecule has 3 N–H and O–H groups in total.